The van der Waals surface area contributed by atoms with Crippen LogP contribution in [0, 0.1) is 0 Å². The summed E-state index contributed by atoms with van der Waals surface area (Å²) < 4.78 is 1.05. The number of aromatic nitrogens is 1. The second kappa shape index (κ2) is 4.32. The Labute approximate surface area is 96.8 Å². The minimum atomic E-state index is -0.137. The summed E-state index contributed by atoms with van der Waals surface area (Å²) in [5.74, 6) is 0.384. The molecule has 0 aliphatic rings. The van der Waals surface area contributed by atoms with Crippen LogP contribution >= 0.6 is 11.3 Å². The molecule has 4 nitrogen and oxygen atoms in total. The third-order valence-electron chi connectivity index (χ3n) is 2.21. The Kier molecular flexibility index (Phi) is 2.87. The highest BCUT2D eigenvalue weighted by atomic mass is 32.1. The summed E-state index contributed by atoms with van der Waals surface area (Å²) in [6, 6.07) is 1.93. The molecule has 2 heterocycles. The molecule has 16 heavy (non-hydrogen) atoms. The van der Waals surface area contributed by atoms with Crippen molar-refractivity contribution in [3.8, 4) is 0 Å². The number of hydrogen-bond acceptors (Lipinski definition) is 4. The Morgan fingerprint density at radius 3 is 3.19 bits per heavy atom. The van der Waals surface area contributed by atoms with Crippen molar-refractivity contribution in [1.29, 1.82) is 0 Å². The maximum Gasteiger partial charge on any atom is 0.243 e. The van der Waals surface area contributed by atoms with Crippen LogP contribution in [0.25, 0.3) is 16.2 Å². The number of fused-ring (bicyclic) bond motifs is 1. The molecule has 1 amide bonds. The SMILES string of the molecule is CNC(=O)/C=C/c1cnc(N)c2ccsc12. The first kappa shape index (κ1) is 10.6. The van der Waals surface area contributed by atoms with Crippen molar-refractivity contribution in [2.24, 2.45) is 0 Å². The maximum atomic E-state index is 11.1. The van der Waals surface area contributed by atoms with Gasteiger partial charge in [0.25, 0.3) is 0 Å². The van der Waals surface area contributed by atoms with E-state index in [1.165, 1.54) is 6.08 Å². The van der Waals surface area contributed by atoms with Crippen LogP contribution in [0.2, 0.25) is 0 Å². The average molecular weight is 233 g/mol. The summed E-state index contributed by atoms with van der Waals surface area (Å²) in [5.41, 5.74) is 6.65. The van der Waals surface area contributed by atoms with E-state index < -0.39 is 0 Å². The van der Waals surface area contributed by atoms with Crippen molar-refractivity contribution in [2.75, 3.05) is 12.8 Å². The molecule has 0 aliphatic heterocycles. The predicted octanol–water partition coefficient (Wildman–Crippen LogP) is 1.64. The van der Waals surface area contributed by atoms with Crippen LogP contribution < -0.4 is 11.1 Å². The van der Waals surface area contributed by atoms with Gasteiger partial charge in [0.05, 0.1) is 0 Å². The molecule has 5 heteroatoms. The number of carbonyl (C=O) groups excluding carboxylic acids is 1. The van der Waals surface area contributed by atoms with E-state index in [0.29, 0.717) is 5.82 Å². The number of anilines is 1. The molecule has 0 aliphatic carbocycles. The Bertz CT molecular complexity index is 559. The number of carbonyl (C=O) groups is 1. The van der Waals surface area contributed by atoms with Crippen molar-refractivity contribution in [3.05, 3.63) is 29.3 Å². The highest BCUT2D eigenvalue weighted by molar-refractivity contribution is 7.17. The van der Waals surface area contributed by atoms with Gasteiger partial charge in [-0.05, 0) is 17.5 Å². The topological polar surface area (TPSA) is 68.0 Å². The fraction of sp³-hybridized carbons (Fsp3) is 0.0909. The monoisotopic (exact) mass is 233 g/mol. The number of pyridine rings is 1. The maximum absolute atomic E-state index is 11.1. The van der Waals surface area contributed by atoms with Crippen LogP contribution in [-0.2, 0) is 4.79 Å². The van der Waals surface area contributed by atoms with E-state index >= 15 is 0 Å². The molecule has 2 aromatic heterocycles. The van der Waals surface area contributed by atoms with Gasteiger partial charge in [-0.25, -0.2) is 4.98 Å². The van der Waals surface area contributed by atoms with Crippen molar-refractivity contribution < 1.29 is 4.79 Å². The minimum Gasteiger partial charge on any atom is -0.383 e. The summed E-state index contributed by atoms with van der Waals surface area (Å²) >= 11 is 1.58. The molecule has 0 atom stereocenters. The molecule has 2 rings (SSSR count). The number of likely N-dealkylation sites (N-methyl/N-ethyl adjacent to an activating group) is 1. The fourth-order valence-corrected chi connectivity index (χ4v) is 2.27. The molecule has 0 spiro atoms. The van der Waals surface area contributed by atoms with Gasteiger partial charge in [0, 0.05) is 35.0 Å². The lowest BCUT2D eigenvalue weighted by molar-refractivity contribution is -0.115. The molecule has 82 valence electrons. The highest BCUT2D eigenvalue weighted by Gasteiger charge is 2.04. The Morgan fingerprint density at radius 1 is 1.62 bits per heavy atom. The molecular formula is C11H11N3OS. The van der Waals surface area contributed by atoms with E-state index in [1.54, 1.807) is 30.7 Å². The van der Waals surface area contributed by atoms with Crippen molar-refractivity contribution in [1.82, 2.24) is 10.3 Å². The van der Waals surface area contributed by atoms with Gasteiger partial charge >= 0.3 is 0 Å². The molecule has 0 unspecified atom stereocenters. The first-order chi connectivity index (χ1) is 7.72. The van der Waals surface area contributed by atoms with Crippen molar-refractivity contribution >= 4 is 39.2 Å². The van der Waals surface area contributed by atoms with Gasteiger partial charge in [-0.15, -0.1) is 11.3 Å². The second-order valence-electron chi connectivity index (χ2n) is 3.21. The van der Waals surface area contributed by atoms with Crippen LogP contribution in [0.5, 0.6) is 0 Å². The summed E-state index contributed by atoms with van der Waals surface area (Å²) in [6.45, 7) is 0. The first-order valence-corrected chi connectivity index (χ1v) is 5.62. The molecule has 0 saturated heterocycles. The second-order valence-corrected chi connectivity index (χ2v) is 4.13. The quantitative estimate of drug-likeness (QED) is 0.775. The normalized spacial score (nSPS) is 11.1. The number of amides is 1. The first-order valence-electron chi connectivity index (χ1n) is 4.74. The third-order valence-corrected chi connectivity index (χ3v) is 3.17. The number of nitrogens with zero attached hydrogens (tertiary/aromatic N) is 1. The van der Waals surface area contributed by atoms with E-state index in [9.17, 15) is 4.79 Å². The van der Waals surface area contributed by atoms with Crippen LogP contribution in [0.4, 0.5) is 5.82 Å². The van der Waals surface area contributed by atoms with Gasteiger partial charge in [-0.2, -0.15) is 0 Å². The number of hydrogen-bond donors (Lipinski definition) is 2. The molecule has 0 radical (unpaired) electrons. The van der Waals surface area contributed by atoms with Crippen molar-refractivity contribution in [2.45, 2.75) is 0 Å². The standard InChI is InChI=1S/C11H11N3OS/c1-13-9(15)3-2-7-6-14-11(12)8-4-5-16-10(7)8/h2-6H,1H3,(H2,12,14)(H,13,15)/b3-2+. The summed E-state index contributed by atoms with van der Waals surface area (Å²) in [7, 11) is 1.59. The largest absolute Gasteiger partial charge is 0.383 e. The number of nitrogen functional groups attached to an aromatic ring is 1. The molecular weight excluding hydrogens is 222 g/mol. The van der Waals surface area contributed by atoms with Crippen LogP contribution in [0.3, 0.4) is 0 Å². The fourth-order valence-electron chi connectivity index (χ4n) is 1.37. The van der Waals surface area contributed by atoms with Crippen molar-refractivity contribution in [3.63, 3.8) is 0 Å². The van der Waals surface area contributed by atoms with E-state index in [0.717, 1.165) is 15.6 Å². The third kappa shape index (κ3) is 1.90. The van der Waals surface area contributed by atoms with Gasteiger partial charge in [0.1, 0.15) is 5.82 Å². The Balaban J connectivity index is 2.46. The van der Waals surface area contributed by atoms with Gasteiger partial charge < -0.3 is 11.1 Å². The minimum absolute atomic E-state index is 0.137. The van der Waals surface area contributed by atoms with Gasteiger partial charge in [-0.1, -0.05) is 0 Å². The molecule has 0 saturated carbocycles. The van der Waals surface area contributed by atoms with Gasteiger partial charge in [0.2, 0.25) is 5.91 Å². The Morgan fingerprint density at radius 2 is 2.44 bits per heavy atom. The summed E-state index contributed by atoms with van der Waals surface area (Å²) in [5, 5.41) is 5.41. The van der Waals surface area contributed by atoms with Crippen LogP contribution in [0.1, 0.15) is 5.56 Å². The lowest BCUT2D eigenvalue weighted by atomic mass is 10.2. The molecule has 0 aromatic carbocycles. The summed E-state index contributed by atoms with van der Waals surface area (Å²) in [6.07, 6.45) is 4.89. The number of thiophene rings is 1. The smallest absolute Gasteiger partial charge is 0.243 e. The zero-order valence-electron chi connectivity index (χ0n) is 8.73. The van der Waals surface area contributed by atoms with Crippen LogP contribution in [-0.4, -0.2) is 17.9 Å². The zero-order valence-corrected chi connectivity index (χ0v) is 9.54. The van der Waals surface area contributed by atoms with E-state index in [-0.39, 0.29) is 5.91 Å². The number of rotatable bonds is 2. The van der Waals surface area contributed by atoms with Gasteiger partial charge in [-0.3, -0.25) is 4.79 Å². The van der Waals surface area contributed by atoms with Crippen LogP contribution in [0.15, 0.2) is 23.7 Å². The van der Waals surface area contributed by atoms with Gasteiger partial charge in [0.15, 0.2) is 0 Å². The zero-order chi connectivity index (χ0) is 11.5. The lowest BCUT2D eigenvalue weighted by Crippen LogP contribution is -2.13. The Hall–Kier alpha value is -1.88. The van der Waals surface area contributed by atoms with E-state index in [2.05, 4.69) is 10.3 Å². The predicted molar refractivity (Wildman–Crippen MR) is 67.1 cm³/mol. The molecule has 0 fully saturated rings. The highest BCUT2D eigenvalue weighted by Crippen LogP contribution is 2.28. The average Bonchev–Trinajstić information content (AvgIpc) is 2.77. The summed E-state index contributed by atoms with van der Waals surface area (Å²) in [4.78, 5) is 15.2. The molecule has 0 bridgehead atoms. The number of nitrogens with one attached hydrogen (secondary N) is 1. The molecule has 3 N–H and O–H groups in total. The van der Waals surface area contributed by atoms with E-state index in [4.69, 9.17) is 5.73 Å². The lowest BCUT2D eigenvalue weighted by Gasteiger charge is -1.99. The van der Waals surface area contributed by atoms with E-state index in [1.807, 2.05) is 11.4 Å². The number of nitrogens with two attached hydrogens (primary N) is 1. The molecule has 2 aromatic rings.